The van der Waals surface area contributed by atoms with Crippen LogP contribution >= 0.6 is 0 Å². The van der Waals surface area contributed by atoms with Crippen LogP contribution < -0.4 is 9.47 Å². The highest BCUT2D eigenvalue weighted by molar-refractivity contribution is 5.45. The van der Waals surface area contributed by atoms with Gasteiger partial charge < -0.3 is 14.6 Å². The fourth-order valence-corrected chi connectivity index (χ4v) is 1.32. The Morgan fingerprint density at radius 2 is 2.21 bits per heavy atom. The number of aliphatic hydroxyl groups is 1. The summed E-state index contributed by atoms with van der Waals surface area (Å²) >= 11 is 0. The van der Waals surface area contributed by atoms with Gasteiger partial charge in [0, 0.05) is 0 Å². The van der Waals surface area contributed by atoms with E-state index in [-0.39, 0.29) is 13.2 Å². The summed E-state index contributed by atoms with van der Waals surface area (Å²) in [5.41, 5.74) is 0.677. The van der Waals surface area contributed by atoms with E-state index in [1.54, 1.807) is 18.2 Å². The molecule has 0 aliphatic carbocycles. The molecule has 4 nitrogen and oxygen atoms in total. The molecule has 72 valence electrons. The van der Waals surface area contributed by atoms with Crippen molar-refractivity contribution in [3.05, 3.63) is 23.8 Å². The molecule has 0 bridgehead atoms. The molecule has 1 aliphatic heterocycles. The molecule has 4 heteroatoms. The molecule has 0 spiro atoms. The fraction of sp³-hybridized carbons (Fsp3) is 0.300. The van der Waals surface area contributed by atoms with Gasteiger partial charge in [-0.1, -0.05) is 6.07 Å². The van der Waals surface area contributed by atoms with Crippen LogP contribution in [-0.2, 0) is 0 Å². The molecule has 1 atom stereocenters. The van der Waals surface area contributed by atoms with E-state index >= 15 is 0 Å². The molecule has 0 unspecified atom stereocenters. The predicted molar refractivity (Wildman–Crippen MR) is 47.8 cm³/mol. The molecule has 1 aliphatic rings. The molecule has 1 aromatic carbocycles. The minimum absolute atomic E-state index is 0.0830. The number of hydrogen-bond donors (Lipinski definition) is 1. The van der Waals surface area contributed by atoms with Gasteiger partial charge in [-0.3, -0.25) is 0 Å². The molecule has 0 radical (unpaired) electrons. The van der Waals surface area contributed by atoms with Crippen molar-refractivity contribution in [3.8, 4) is 17.6 Å². The summed E-state index contributed by atoms with van der Waals surface area (Å²) < 4.78 is 10.3. The Bertz CT molecular complexity index is 383. The standard InChI is InChI=1S/C10H9NO3/c11-4-3-8(12)7-1-2-9-10(5-7)14-6-13-9/h1-2,5,8,12H,3,6H2/t8-/m0/s1. The first kappa shape index (κ1) is 8.85. The van der Waals surface area contributed by atoms with Gasteiger partial charge in [0.1, 0.15) is 0 Å². The zero-order valence-electron chi connectivity index (χ0n) is 7.43. The van der Waals surface area contributed by atoms with Crippen molar-refractivity contribution < 1.29 is 14.6 Å². The summed E-state index contributed by atoms with van der Waals surface area (Å²) in [6, 6.07) is 7.08. The Kier molecular flexibility index (Phi) is 2.25. The summed E-state index contributed by atoms with van der Waals surface area (Å²) in [7, 11) is 0. The zero-order chi connectivity index (χ0) is 9.97. The lowest BCUT2D eigenvalue weighted by Gasteiger charge is -2.06. The average Bonchev–Trinajstić information content (AvgIpc) is 2.64. The largest absolute Gasteiger partial charge is 0.454 e. The summed E-state index contributed by atoms with van der Waals surface area (Å²) in [5.74, 6) is 1.30. The van der Waals surface area contributed by atoms with Crippen LogP contribution in [0.2, 0.25) is 0 Å². The first-order chi connectivity index (χ1) is 6.81. The minimum atomic E-state index is -0.755. The third-order valence-electron chi connectivity index (χ3n) is 2.07. The number of nitrogens with zero attached hydrogens (tertiary/aromatic N) is 1. The Morgan fingerprint density at radius 1 is 1.43 bits per heavy atom. The van der Waals surface area contributed by atoms with Gasteiger partial charge in [-0.25, -0.2) is 0 Å². The number of benzene rings is 1. The number of aliphatic hydroxyl groups excluding tert-OH is 1. The topological polar surface area (TPSA) is 62.5 Å². The van der Waals surface area contributed by atoms with Crippen molar-refractivity contribution in [2.75, 3.05) is 6.79 Å². The molecular formula is C10H9NO3. The molecule has 0 amide bonds. The highest BCUT2D eigenvalue weighted by Crippen LogP contribution is 2.34. The van der Waals surface area contributed by atoms with Crippen LogP contribution in [0.4, 0.5) is 0 Å². The number of fused-ring (bicyclic) bond motifs is 1. The van der Waals surface area contributed by atoms with E-state index in [0.29, 0.717) is 17.1 Å². The van der Waals surface area contributed by atoms with E-state index in [4.69, 9.17) is 14.7 Å². The lowest BCUT2D eigenvalue weighted by molar-refractivity contribution is 0.172. The fourth-order valence-electron chi connectivity index (χ4n) is 1.32. The molecule has 2 rings (SSSR count). The van der Waals surface area contributed by atoms with Crippen molar-refractivity contribution >= 4 is 0 Å². The first-order valence-corrected chi connectivity index (χ1v) is 4.26. The molecule has 0 saturated heterocycles. The van der Waals surface area contributed by atoms with Gasteiger partial charge >= 0.3 is 0 Å². The molecule has 0 saturated carbocycles. The Hall–Kier alpha value is -1.73. The van der Waals surface area contributed by atoms with E-state index in [0.717, 1.165) is 0 Å². The number of hydrogen-bond acceptors (Lipinski definition) is 4. The van der Waals surface area contributed by atoms with E-state index in [1.807, 2.05) is 6.07 Å². The smallest absolute Gasteiger partial charge is 0.231 e. The van der Waals surface area contributed by atoms with Crippen molar-refractivity contribution in [1.29, 1.82) is 5.26 Å². The van der Waals surface area contributed by atoms with E-state index < -0.39 is 6.10 Å². The molecule has 1 aromatic rings. The van der Waals surface area contributed by atoms with Gasteiger partial charge in [-0.2, -0.15) is 5.26 Å². The summed E-state index contributed by atoms with van der Waals surface area (Å²) in [5, 5.41) is 18.0. The Balaban J connectivity index is 2.25. The predicted octanol–water partition coefficient (Wildman–Crippen LogP) is 1.36. The van der Waals surface area contributed by atoms with Crippen LogP contribution in [0.5, 0.6) is 11.5 Å². The van der Waals surface area contributed by atoms with Crippen LogP contribution in [0.1, 0.15) is 18.1 Å². The molecule has 1 N–H and O–H groups in total. The third kappa shape index (κ3) is 1.50. The maximum absolute atomic E-state index is 9.53. The van der Waals surface area contributed by atoms with Crippen molar-refractivity contribution in [3.63, 3.8) is 0 Å². The normalized spacial score (nSPS) is 14.9. The van der Waals surface area contributed by atoms with E-state index in [2.05, 4.69) is 0 Å². The van der Waals surface area contributed by atoms with E-state index in [9.17, 15) is 5.11 Å². The third-order valence-corrected chi connectivity index (χ3v) is 2.07. The SMILES string of the molecule is N#CC[C@H](O)c1ccc2c(c1)OCO2. The first-order valence-electron chi connectivity index (χ1n) is 4.26. The Labute approximate surface area is 81.3 Å². The second-order valence-corrected chi connectivity index (χ2v) is 2.99. The number of nitriles is 1. The zero-order valence-corrected chi connectivity index (χ0v) is 7.43. The van der Waals surface area contributed by atoms with Crippen LogP contribution in [0, 0.1) is 11.3 Å². The minimum Gasteiger partial charge on any atom is -0.454 e. The Morgan fingerprint density at radius 3 is 3.00 bits per heavy atom. The van der Waals surface area contributed by atoms with Gasteiger partial charge in [-0.05, 0) is 17.7 Å². The lowest BCUT2D eigenvalue weighted by Crippen LogP contribution is -1.95. The van der Waals surface area contributed by atoms with Crippen molar-refractivity contribution in [2.45, 2.75) is 12.5 Å². The van der Waals surface area contributed by atoms with Gasteiger partial charge in [0.15, 0.2) is 11.5 Å². The van der Waals surface area contributed by atoms with Gasteiger partial charge in [0.25, 0.3) is 0 Å². The molecule has 14 heavy (non-hydrogen) atoms. The summed E-state index contributed by atoms with van der Waals surface area (Å²) in [6.45, 7) is 0.215. The van der Waals surface area contributed by atoms with Crippen molar-refractivity contribution in [2.24, 2.45) is 0 Å². The monoisotopic (exact) mass is 191 g/mol. The van der Waals surface area contributed by atoms with E-state index in [1.165, 1.54) is 0 Å². The maximum atomic E-state index is 9.53. The van der Waals surface area contributed by atoms with Gasteiger partial charge in [0.2, 0.25) is 6.79 Å². The average molecular weight is 191 g/mol. The van der Waals surface area contributed by atoms with Crippen LogP contribution in [0.15, 0.2) is 18.2 Å². The van der Waals surface area contributed by atoms with Crippen molar-refractivity contribution in [1.82, 2.24) is 0 Å². The second-order valence-electron chi connectivity index (χ2n) is 2.99. The van der Waals surface area contributed by atoms with Crippen LogP contribution in [-0.4, -0.2) is 11.9 Å². The highest BCUT2D eigenvalue weighted by atomic mass is 16.7. The quantitative estimate of drug-likeness (QED) is 0.766. The lowest BCUT2D eigenvalue weighted by atomic mass is 10.1. The molecule has 0 aromatic heterocycles. The number of rotatable bonds is 2. The second kappa shape index (κ2) is 3.56. The van der Waals surface area contributed by atoms with Crippen LogP contribution in [0.3, 0.4) is 0 Å². The number of ether oxygens (including phenoxy) is 2. The maximum Gasteiger partial charge on any atom is 0.231 e. The van der Waals surface area contributed by atoms with Gasteiger partial charge in [0.05, 0.1) is 18.6 Å². The highest BCUT2D eigenvalue weighted by Gasteiger charge is 2.16. The van der Waals surface area contributed by atoms with Gasteiger partial charge in [-0.15, -0.1) is 0 Å². The summed E-state index contributed by atoms with van der Waals surface area (Å²) in [6.07, 6.45) is -0.672. The summed E-state index contributed by atoms with van der Waals surface area (Å²) in [4.78, 5) is 0. The van der Waals surface area contributed by atoms with Crippen LogP contribution in [0.25, 0.3) is 0 Å². The molecule has 0 fully saturated rings. The molecular weight excluding hydrogens is 182 g/mol. The molecule has 1 heterocycles.